The Morgan fingerprint density at radius 2 is 1.59 bits per heavy atom. The van der Waals surface area contributed by atoms with E-state index in [2.05, 4.69) is 16.9 Å². The number of carbonyl (C=O) groups excluding carboxylic acids is 2. The zero-order chi connectivity index (χ0) is 16.2. The molecule has 2 atom stereocenters. The van der Waals surface area contributed by atoms with Crippen LogP contribution in [-0.4, -0.2) is 66.6 Å². The number of ether oxygens (including phenoxy) is 2. The topological polar surface area (TPSA) is 76.7 Å². The molecule has 1 aliphatic carbocycles. The number of rotatable bonds is 10. The third kappa shape index (κ3) is 8.28. The number of hydrogen-bond acceptors (Lipinski definition) is 7. The molecule has 0 heterocycles. The van der Waals surface area contributed by atoms with Crippen molar-refractivity contribution >= 4 is 47.5 Å². The van der Waals surface area contributed by atoms with Gasteiger partial charge in [0, 0.05) is 35.1 Å². The lowest BCUT2D eigenvalue weighted by Crippen LogP contribution is -2.33. The van der Waals surface area contributed by atoms with Crippen molar-refractivity contribution in [2.24, 2.45) is 0 Å². The minimum absolute atomic E-state index is 0.374. The van der Waals surface area contributed by atoms with E-state index in [4.69, 9.17) is 9.47 Å². The van der Waals surface area contributed by atoms with Gasteiger partial charge in [0.1, 0.15) is 0 Å². The molecule has 1 aliphatic rings. The fourth-order valence-corrected chi connectivity index (χ4v) is 4.62. The van der Waals surface area contributed by atoms with E-state index < -0.39 is 12.2 Å². The summed E-state index contributed by atoms with van der Waals surface area (Å²) < 4.78 is 9.47. The maximum absolute atomic E-state index is 11.4. The molecule has 22 heavy (non-hydrogen) atoms. The van der Waals surface area contributed by atoms with Crippen molar-refractivity contribution in [2.75, 3.05) is 43.9 Å². The van der Waals surface area contributed by atoms with Crippen LogP contribution < -0.4 is 10.6 Å². The molecule has 1 rings (SSSR count). The molecule has 0 saturated heterocycles. The Morgan fingerprint density at radius 1 is 1.00 bits per heavy atom. The molecular weight excluding hydrogens is 344 g/mol. The van der Waals surface area contributed by atoms with Gasteiger partial charge in [-0.05, 0) is 25.4 Å². The highest BCUT2D eigenvalue weighted by Gasteiger charge is 2.29. The molecule has 1 fully saturated rings. The molecule has 6 nitrogen and oxygen atoms in total. The standard InChI is InChI=1S/C13H24N2O4S3/c1-20-7-5-14-12(16)18-9-19-13(17)15-6-8-22-11-4-3-10(11)21-2/h10-11H,3-9H2,1-2H3,(H,14,16)(H,15,17). The maximum Gasteiger partial charge on any atom is 0.410 e. The Morgan fingerprint density at radius 3 is 2.09 bits per heavy atom. The molecule has 2 N–H and O–H groups in total. The highest BCUT2D eigenvalue weighted by Crippen LogP contribution is 2.38. The van der Waals surface area contributed by atoms with Crippen LogP contribution in [-0.2, 0) is 9.47 Å². The van der Waals surface area contributed by atoms with Crippen molar-refractivity contribution < 1.29 is 19.1 Å². The monoisotopic (exact) mass is 368 g/mol. The molecule has 1 saturated carbocycles. The van der Waals surface area contributed by atoms with Crippen LogP contribution in [0.4, 0.5) is 9.59 Å². The summed E-state index contributed by atoms with van der Waals surface area (Å²) in [6.45, 7) is 0.712. The van der Waals surface area contributed by atoms with Gasteiger partial charge in [-0.25, -0.2) is 9.59 Å². The van der Waals surface area contributed by atoms with Crippen molar-refractivity contribution in [3.63, 3.8) is 0 Å². The van der Waals surface area contributed by atoms with Crippen molar-refractivity contribution in [1.29, 1.82) is 0 Å². The zero-order valence-corrected chi connectivity index (χ0v) is 15.4. The molecule has 0 aromatic heterocycles. The molecule has 0 aromatic carbocycles. The quantitative estimate of drug-likeness (QED) is 0.453. The third-order valence-electron chi connectivity index (χ3n) is 3.11. The van der Waals surface area contributed by atoms with Gasteiger partial charge in [-0.2, -0.15) is 35.3 Å². The number of thioether (sulfide) groups is 3. The Kier molecular flexibility index (Phi) is 10.8. The molecule has 2 unspecified atom stereocenters. The van der Waals surface area contributed by atoms with Crippen LogP contribution in [0.3, 0.4) is 0 Å². The summed E-state index contributed by atoms with van der Waals surface area (Å²) in [6, 6.07) is 0. The summed E-state index contributed by atoms with van der Waals surface area (Å²) in [4.78, 5) is 22.5. The van der Waals surface area contributed by atoms with E-state index in [0.29, 0.717) is 18.3 Å². The highest BCUT2D eigenvalue weighted by molar-refractivity contribution is 8.03. The van der Waals surface area contributed by atoms with E-state index in [-0.39, 0.29) is 6.79 Å². The predicted molar refractivity (Wildman–Crippen MR) is 95.0 cm³/mol. The molecule has 0 aromatic rings. The van der Waals surface area contributed by atoms with Gasteiger partial charge >= 0.3 is 12.2 Å². The van der Waals surface area contributed by atoms with Crippen LogP contribution in [0.25, 0.3) is 0 Å². The molecule has 0 aliphatic heterocycles. The maximum atomic E-state index is 11.4. The lowest BCUT2D eigenvalue weighted by Gasteiger charge is -2.34. The molecule has 128 valence electrons. The average molecular weight is 369 g/mol. The Bertz CT molecular complexity index is 345. The summed E-state index contributed by atoms with van der Waals surface area (Å²) in [5.41, 5.74) is 0. The number of carbonyl (C=O) groups is 2. The van der Waals surface area contributed by atoms with Gasteiger partial charge in [-0.3, -0.25) is 0 Å². The Labute approximate surface area is 144 Å². The minimum atomic E-state index is -0.578. The van der Waals surface area contributed by atoms with Crippen LogP contribution in [0, 0.1) is 0 Å². The van der Waals surface area contributed by atoms with Crippen molar-refractivity contribution in [2.45, 2.75) is 23.3 Å². The van der Waals surface area contributed by atoms with Gasteiger partial charge in [0.15, 0.2) is 0 Å². The zero-order valence-electron chi connectivity index (χ0n) is 13.0. The van der Waals surface area contributed by atoms with Crippen LogP contribution in [0.15, 0.2) is 0 Å². The first-order chi connectivity index (χ1) is 10.7. The molecule has 0 bridgehead atoms. The van der Waals surface area contributed by atoms with E-state index in [0.717, 1.165) is 16.8 Å². The number of hydrogen-bond donors (Lipinski definition) is 2. The van der Waals surface area contributed by atoms with E-state index in [1.165, 1.54) is 12.8 Å². The van der Waals surface area contributed by atoms with E-state index in [9.17, 15) is 9.59 Å². The molecular formula is C13H24N2O4S3. The van der Waals surface area contributed by atoms with Crippen LogP contribution in [0.2, 0.25) is 0 Å². The summed E-state index contributed by atoms with van der Waals surface area (Å²) in [5, 5.41) is 6.66. The van der Waals surface area contributed by atoms with Crippen molar-refractivity contribution in [1.82, 2.24) is 10.6 Å². The van der Waals surface area contributed by atoms with Crippen molar-refractivity contribution in [3.8, 4) is 0 Å². The third-order valence-corrected chi connectivity index (χ3v) is 6.50. The summed E-state index contributed by atoms with van der Waals surface area (Å²) in [7, 11) is 0. The summed E-state index contributed by atoms with van der Waals surface area (Å²) >= 11 is 5.43. The highest BCUT2D eigenvalue weighted by atomic mass is 32.2. The largest absolute Gasteiger partial charge is 0.412 e. The molecule has 9 heteroatoms. The molecule has 0 radical (unpaired) electrons. The average Bonchev–Trinajstić information content (AvgIpc) is 2.46. The fraction of sp³-hybridized carbons (Fsp3) is 0.846. The normalized spacial score (nSPS) is 19.9. The Balaban J connectivity index is 1.92. The predicted octanol–water partition coefficient (Wildman–Crippen LogP) is 2.39. The number of amides is 2. The van der Waals surface area contributed by atoms with Gasteiger partial charge in [0.2, 0.25) is 6.79 Å². The van der Waals surface area contributed by atoms with Gasteiger partial charge in [0.05, 0.1) is 0 Å². The molecule has 0 spiro atoms. The van der Waals surface area contributed by atoms with E-state index >= 15 is 0 Å². The summed E-state index contributed by atoms with van der Waals surface area (Å²) in [6.07, 6.45) is 5.51. The van der Waals surface area contributed by atoms with Crippen LogP contribution >= 0.6 is 35.3 Å². The van der Waals surface area contributed by atoms with Gasteiger partial charge < -0.3 is 20.1 Å². The van der Waals surface area contributed by atoms with Crippen molar-refractivity contribution in [3.05, 3.63) is 0 Å². The first-order valence-electron chi connectivity index (χ1n) is 7.12. The van der Waals surface area contributed by atoms with E-state index in [1.54, 1.807) is 11.8 Å². The van der Waals surface area contributed by atoms with Gasteiger partial charge in [-0.1, -0.05) is 0 Å². The first-order valence-corrected chi connectivity index (χ1v) is 10.8. The second-order valence-electron chi connectivity index (χ2n) is 4.59. The van der Waals surface area contributed by atoms with Gasteiger partial charge in [0.25, 0.3) is 0 Å². The van der Waals surface area contributed by atoms with Crippen LogP contribution in [0.5, 0.6) is 0 Å². The smallest absolute Gasteiger partial charge is 0.410 e. The molecule has 2 amide bonds. The van der Waals surface area contributed by atoms with Gasteiger partial charge in [-0.15, -0.1) is 0 Å². The second kappa shape index (κ2) is 12.1. The number of alkyl carbamates (subject to hydrolysis) is 2. The van der Waals surface area contributed by atoms with E-state index in [1.807, 2.05) is 29.8 Å². The Hall–Kier alpha value is -0.410. The number of nitrogens with one attached hydrogen (secondary N) is 2. The SMILES string of the molecule is CSCCNC(=O)OCOC(=O)NCCSC1CCC1SC. The minimum Gasteiger partial charge on any atom is -0.412 e. The summed E-state index contributed by atoms with van der Waals surface area (Å²) in [5.74, 6) is 1.68. The lowest BCUT2D eigenvalue weighted by atomic mass is 9.99. The van der Waals surface area contributed by atoms with Crippen LogP contribution in [0.1, 0.15) is 12.8 Å². The first kappa shape index (κ1) is 19.6. The second-order valence-corrected chi connectivity index (χ2v) is 8.00. The fourth-order valence-electron chi connectivity index (χ4n) is 1.76. The lowest BCUT2D eigenvalue weighted by molar-refractivity contribution is 0.0249.